The average Bonchev–Trinajstić information content (AvgIpc) is 2.26. The van der Waals surface area contributed by atoms with Gasteiger partial charge < -0.3 is 15.4 Å². The molecule has 1 aliphatic rings. The van der Waals surface area contributed by atoms with Gasteiger partial charge in [0.2, 0.25) is 5.91 Å². The molecule has 1 fully saturated rings. The van der Waals surface area contributed by atoms with Crippen molar-refractivity contribution in [2.75, 3.05) is 32.8 Å². The highest BCUT2D eigenvalue weighted by molar-refractivity contribution is 5.75. The second-order valence-corrected chi connectivity index (χ2v) is 3.99. The van der Waals surface area contributed by atoms with Gasteiger partial charge in [-0.3, -0.25) is 4.79 Å². The van der Waals surface area contributed by atoms with Crippen LogP contribution in [0.25, 0.3) is 0 Å². The first-order valence-electron chi connectivity index (χ1n) is 5.88. The van der Waals surface area contributed by atoms with Crippen LogP contribution in [0.1, 0.15) is 26.2 Å². The Hall–Kier alpha value is -0.610. The Bertz CT molecular complexity index is 179. The SMILES string of the molecule is CCNC(=O)CCNCC1CCCOC1. The van der Waals surface area contributed by atoms with Crippen molar-refractivity contribution in [3.63, 3.8) is 0 Å². The number of hydrogen-bond donors (Lipinski definition) is 2. The van der Waals surface area contributed by atoms with Crippen molar-refractivity contribution >= 4 is 5.91 Å². The first-order valence-corrected chi connectivity index (χ1v) is 5.88. The summed E-state index contributed by atoms with van der Waals surface area (Å²) in [6, 6.07) is 0. The summed E-state index contributed by atoms with van der Waals surface area (Å²) in [7, 11) is 0. The molecule has 1 amide bonds. The maximum absolute atomic E-state index is 11.1. The lowest BCUT2D eigenvalue weighted by Crippen LogP contribution is -2.32. The van der Waals surface area contributed by atoms with E-state index >= 15 is 0 Å². The van der Waals surface area contributed by atoms with Crippen LogP contribution in [0.4, 0.5) is 0 Å². The van der Waals surface area contributed by atoms with Crippen molar-refractivity contribution in [2.45, 2.75) is 26.2 Å². The van der Waals surface area contributed by atoms with Gasteiger partial charge in [-0.2, -0.15) is 0 Å². The Kier molecular flexibility index (Phi) is 6.36. The lowest BCUT2D eigenvalue weighted by molar-refractivity contribution is -0.120. The molecule has 1 atom stereocenters. The molecule has 0 bridgehead atoms. The van der Waals surface area contributed by atoms with Gasteiger partial charge in [-0.05, 0) is 25.7 Å². The molecule has 0 radical (unpaired) electrons. The van der Waals surface area contributed by atoms with E-state index in [1.807, 2.05) is 6.92 Å². The molecule has 0 aliphatic carbocycles. The van der Waals surface area contributed by atoms with E-state index in [1.165, 1.54) is 12.8 Å². The van der Waals surface area contributed by atoms with Crippen molar-refractivity contribution in [1.29, 1.82) is 0 Å². The summed E-state index contributed by atoms with van der Waals surface area (Å²) in [5.74, 6) is 0.762. The molecular weight excluding hydrogens is 192 g/mol. The summed E-state index contributed by atoms with van der Waals surface area (Å²) in [4.78, 5) is 11.1. The van der Waals surface area contributed by atoms with E-state index in [2.05, 4.69) is 10.6 Å². The van der Waals surface area contributed by atoms with Crippen LogP contribution >= 0.6 is 0 Å². The molecule has 0 aromatic carbocycles. The third-order valence-electron chi connectivity index (χ3n) is 2.59. The van der Waals surface area contributed by atoms with Crippen LogP contribution in [-0.4, -0.2) is 38.8 Å². The molecule has 2 N–H and O–H groups in total. The highest BCUT2D eigenvalue weighted by Crippen LogP contribution is 2.11. The molecule has 0 saturated carbocycles. The summed E-state index contributed by atoms with van der Waals surface area (Å²) in [5, 5.41) is 6.08. The van der Waals surface area contributed by atoms with Gasteiger partial charge in [-0.15, -0.1) is 0 Å². The largest absolute Gasteiger partial charge is 0.381 e. The Morgan fingerprint density at radius 2 is 2.40 bits per heavy atom. The van der Waals surface area contributed by atoms with Gasteiger partial charge >= 0.3 is 0 Å². The number of nitrogens with one attached hydrogen (secondary N) is 2. The van der Waals surface area contributed by atoms with Crippen LogP contribution in [0.3, 0.4) is 0 Å². The molecule has 15 heavy (non-hydrogen) atoms. The van der Waals surface area contributed by atoms with Gasteiger partial charge in [-0.1, -0.05) is 0 Å². The minimum Gasteiger partial charge on any atom is -0.381 e. The topological polar surface area (TPSA) is 50.4 Å². The normalized spacial score (nSPS) is 21.3. The monoisotopic (exact) mass is 214 g/mol. The molecule has 88 valence electrons. The summed E-state index contributed by atoms with van der Waals surface area (Å²) in [6.07, 6.45) is 2.98. The first kappa shape index (κ1) is 12.5. The van der Waals surface area contributed by atoms with Crippen LogP contribution in [0, 0.1) is 5.92 Å². The summed E-state index contributed by atoms with van der Waals surface area (Å²) >= 11 is 0. The molecular formula is C11H22N2O2. The van der Waals surface area contributed by atoms with E-state index in [0.29, 0.717) is 12.3 Å². The number of ether oxygens (including phenoxy) is 1. The summed E-state index contributed by atoms with van der Waals surface area (Å²) in [6.45, 7) is 6.17. The molecule has 0 aromatic heterocycles. The fourth-order valence-electron chi connectivity index (χ4n) is 1.76. The minimum absolute atomic E-state index is 0.130. The zero-order valence-corrected chi connectivity index (χ0v) is 9.55. The van der Waals surface area contributed by atoms with E-state index in [4.69, 9.17) is 4.74 Å². The predicted molar refractivity (Wildman–Crippen MR) is 59.7 cm³/mol. The average molecular weight is 214 g/mol. The smallest absolute Gasteiger partial charge is 0.221 e. The van der Waals surface area contributed by atoms with E-state index < -0.39 is 0 Å². The third kappa shape index (κ3) is 5.74. The van der Waals surface area contributed by atoms with Crippen LogP contribution in [0.5, 0.6) is 0 Å². The quantitative estimate of drug-likeness (QED) is 0.634. The van der Waals surface area contributed by atoms with Crippen LogP contribution in [-0.2, 0) is 9.53 Å². The van der Waals surface area contributed by atoms with Crippen molar-refractivity contribution in [1.82, 2.24) is 10.6 Å². The molecule has 1 heterocycles. The fourth-order valence-corrected chi connectivity index (χ4v) is 1.76. The summed E-state index contributed by atoms with van der Waals surface area (Å²) in [5.41, 5.74) is 0. The number of carbonyl (C=O) groups is 1. The van der Waals surface area contributed by atoms with Gasteiger partial charge in [0, 0.05) is 32.7 Å². The summed E-state index contributed by atoms with van der Waals surface area (Å²) < 4.78 is 5.38. The Balaban J connectivity index is 1.93. The first-order chi connectivity index (χ1) is 7.33. The second-order valence-electron chi connectivity index (χ2n) is 3.99. The highest BCUT2D eigenvalue weighted by atomic mass is 16.5. The molecule has 1 saturated heterocycles. The number of amides is 1. The van der Waals surface area contributed by atoms with Crippen LogP contribution in [0.2, 0.25) is 0 Å². The lowest BCUT2D eigenvalue weighted by Gasteiger charge is -2.22. The van der Waals surface area contributed by atoms with Gasteiger partial charge in [0.25, 0.3) is 0 Å². The number of hydrogen-bond acceptors (Lipinski definition) is 3. The fraction of sp³-hybridized carbons (Fsp3) is 0.909. The molecule has 0 spiro atoms. The predicted octanol–water partition coefficient (Wildman–Crippen LogP) is 0.529. The maximum atomic E-state index is 11.1. The molecule has 4 nitrogen and oxygen atoms in total. The molecule has 4 heteroatoms. The standard InChI is InChI=1S/C11H22N2O2/c1-2-13-11(14)5-6-12-8-10-4-3-7-15-9-10/h10,12H,2-9H2,1H3,(H,13,14). The third-order valence-corrected chi connectivity index (χ3v) is 2.59. The highest BCUT2D eigenvalue weighted by Gasteiger charge is 2.12. The van der Waals surface area contributed by atoms with Crippen molar-refractivity contribution in [3.05, 3.63) is 0 Å². The van der Waals surface area contributed by atoms with Gasteiger partial charge in [-0.25, -0.2) is 0 Å². The Morgan fingerprint density at radius 1 is 1.53 bits per heavy atom. The van der Waals surface area contributed by atoms with E-state index in [1.54, 1.807) is 0 Å². The van der Waals surface area contributed by atoms with Gasteiger partial charge in [0.15, 0.2) is 0 Å². The number of carbonyl (C=O) groups excluding carboxylic acids is 1. The van der Waals surface area contributed by atoms with E-state index in [9.17, 15) is 4.79 Å². The second kappa shape index (κ2) is 7.65. The molecule has 0 aromatic rings. The van der Waals surface area contributed by atoms with Crippen molar-refractivity contribution < 1.29 is 9.53 Å². The number of rotatable bonds is 6. The van der Waals surface area contributed by atoms with Crippen LogP contribution < -0.4 is 10.6 Å². The molecule has 1 aliphatic heterocycles. The van der Waals surface area contributed by atoms with E-state index in [-0.39, 0.29) is 5.91 Å². The Morgan fingerprint density at radius 3 is 3.07 bits per heavy atom. The van der Waals surface area contributed by atoms with Gasteiger partial charge in [0.1, 0.15) is 0 Å². The van der Waals surface area contributed by atoms with Crippen molar-refractivity contribution in [3.8, 4) is 0 Å². The van der Waals surface area contributed by atoms with Gasteiger partial charge in [0.05, 0.1) is 6.61 Å². The zero-order valence-electron chi connectivity index (χ0n) is 9.55. The Labute approximate surface area is 91.8 Å². The lowest BCUT2D eigenvalue weighted by atomic mass is 10.0. The van der Waals surface area contributed by atoms with Crippen molar-refractivity contribution in [2.24, 2.45) is 5.92 Å². The van der Waals surface area contributed by atoms with Crippen LogP contribution in [0.15, 0.2) is 0 Å². The zero-order chi connectivity index (χ0) is 10.9. The molecule has 1 unspecified atom stereocenters. The maximum Gasteiger partial charge on any atom is 0.221 e. The minimum atomic E-state index is 0.130. The molecule has 1 rings (SSSR count). The van der Waals surface area contributed by atoms with E-state index in [0.717, 1.165) is 32.8 Å².